The van der Waals surface area contributed by atoms with E-state index in [2.05, 4.69) is 10.6 Å². The monoisotopic (exact) mass is 253 g/mol. The zero-order valence-electron chi connectivity index (χ0n) is 9.96. The van der Waals surface area contributed by atoms with E-state index in [0.717, 1.165) is 24.2 Å². The Kier molecular flexibility index (Phi) is 3.43. The van der Waals surface area contributed by atoms with Crippen molar-refractivity contribution in [3.8, 4) is 0 Å². The van der Waals surface area contributed by atoms with Crippen LogP contribution in [-0.2, 0) is 0 Å². The summed E-state index contributed by atoms with van der Waals surface area (Å²) < 4.78 is 0. The Balaban J connectivity index is 2.11. The zero-order chi connectivity index (χ0) is 12.4. The number of rotatable bonds is 3. The molecule has 2 N–H and O–H groups in total. The van der Waals surface area contributed by atoms with Crippen LogP contribution in [0.1, 0.15) is 12.8 Å². The molecule has 1 aromatic rings. The van der Waals surface area contributed by atoms with E-state index in [0.29, 0.717) is 11.1 Å². The van der Waals surface area contributed by atoms with Crippen LogP contribution in [0.25, 0.3) is 0 Å². The van der Waals surface area contributed by atoms with Crippen molar-refractivity contribution in [3.05, 3.63) is 23.2 Å². The van der Waals surface area contributed by atoms with Crippen molar-refractivity contribution in [2.45, 2.75) is 18.9 Å². The van der Waals surface area contributed by atoms with Gasteiger partial charge in [0.05, 0.1) is 11.4 Å². The Morgan fingerprint density at radius 2 is 2.12 bits per heavy atom. The maximum Gasteiger partial charge on any atom is 0.319 e. The number of benzene rings is 1. The Morgan fingerprint density at radius 3 is 2.71 bits per heavy atom. The predicted octanol–water partition coefficient (Wildman–Crippen LogP) is 2.69. The first-order chi connectivity index (χ1) is 8.06. The highest BCUT2D eigenvalue weighted by Crippen LogP contribution is 2.28. The lowest BCUT2D eigenvalue weighted by atomic mass is 10.2. The van der Waals surface area contributed by atoms with Gasteiger partial charge in [-0.15, -0.1) is 0 Å². The molecule has 1 aliphatic rings. The van der Waals surface area contributed by atoms with Crippen molar-refractivity contribution in [3.63, 3.8) is 0 Å². The van der Waals surface area contributed by atoms with Gasteiger partial charge < -0.3 is 15.5 Å². The highest BCUT2D eigenvalue weighted by Gasteiger charge is 2.23. The van der Waals surface area contributed by atoms with E-state index in [1.807, 2.05) is 25.1 Å². The van der Waals surface area contributed by atoms with Crippen molar-refractivity contribution >= 4 is 29.0 Å². The van der Waals surface area contributed by atoms with Gasteiger partial charge >= 0.3 is 6.03 Å². The number of anilines is 2. The van der Waals surface area contributed by atoms with E-state index in [9.17, 15) is 4.79 Å². The molecule has 92 valence electrons. The van der Waals surface area contributed by atoms with Crippen molar-refractivity contribution in [1.82, 2.24) is 5.32 Å². The fraction of sp³-hybridized carbons (Fsp3) is 0.417. The molecule has 17 heavy (non-hydrogen) atoms. The molecule has 0 bridgehead atoms. The van der Waals surface area contributed by atoms with E-state index in [1.165, 1.54) is 0 Å². The van der Waals surface area contributed by atoms with Gasteiger partial charge in [-0.3, -0.25) is 0 Å². The van der Waals surface area contributed by atoms with Crippen molar-refractivity contribution in [2.24, 2.45) is 0 Å². The van der Waals surface area contributed by atoms with Gasteiger partial charge in [0.15, 0.2) is 0 Å². The van der Waals surface area contributed by atoms with Crippen molar-refractivity contribution in [1.29, 1.82) is 0 Å². The van der Waals surface area contributed by atoms with Gasteiger partial charge in [-0.05, 0) is 31.0 Å². The number of carbonyl (C=O) groups is 1. The molecule has 0 heterocycles. The lowest BCUT2D eigenvalue weighted by Gasteiger charge is -2.18. The van der Waals surface area contributed by atoms with Crippen molar-refractivity contribution in [2.75, 3.05) is 24.3 Å². The number of urea groups is 1. The van der Waals surface area contributed by atoms with Crippen molar-refractivity contribution < 1.29 is 4.79 Å². The van der Waals surface area contributed by atoms with Crippen LogP contribution in [-0.4, -0.2) is 26.2 Å². The third kappa shape index (κ3) is 3.27. The third-order valence-corrected chi connectivity index (χ3v) is 2.84. The molecule has 2 amide bonds. The number of hydrogen-bond acceptors (Lipinski definition) is 2. The Hall–Kier alpha value is -1.42. The third-order valence-electron chi connectivity index (χ3n) is 2.60. The molecule has 0 saturated heterocycles. The Bertz CT molecular complexity index is 430. The van der Waals surface area contributed by atoms with E-state index in [-0.39, 0.29) is 6.03 Å². The first-order valence-electron chi connectivity index (χ1n) is 5.60. The van der Waals surface area contributed by atoms with Crippen LogP contribution in [0.3, 0.4) is 0 Å². The van der Waals surface area contributed by atoms with Crippen LogP contribution in [0.5, 0.6) is 0 Å². The number of halogens is 1. The SMILES string of the molecule is CN(C)c1ccc(Cl)cc1NC(=O)NC1CC1. The van der Waals surface area contributed by atoms with Crippen LogP contribution in [0, 0.1) is 0 Å². The standard InChI is InChI=1S/C12H16ClN3O/c1-16(2)11-6-3-8(13)7-10(11)15-12(17)14-9-4-5-9/h3,6-7,9H,4-5H2,1-2H3,(H2,14,15,17). The number of nitrogens with one attached hydrogen (secondary N) is 2. The number of nitrogens with zero attached hydrogens (tertiary/aromatic N) is 1. The molecule has 1 aliphatic carbocycles. The minimum Gasteiger partial charge on any atom is -0.376 e. The first kappa shape index (κ1) is 12.0. The predicted molar refractivity (Wildman–Crippen MR) is 71.0 cm³/mol. The molecule has 5 heteroatoms. The lowest BCUT2D eigenvalue weighted by Crippen LogP contribution is -2.31. The van der Waals surface area contributed by atoms with Gasteiger partial charge in [-0.1, -0.05) is 11.6 Å². The maximum atomic E-state index is 11.7. The highest BCUT2D eigenvalue weighted by atomic mass is 35.5. The Labute approximate surface area is 106 Å². The summed E-state index contributed by atoms with van der Waals surface area (Å²) in [5.74, 6) is 0. The minimum absolute atomic E-state index is 0.169. The van der Waals surface area contributed by atoms with Gasteiger partial charge in [0.1, 0.15) is 0 Å². The average molecular weight is 254 g/mol. The summed E-state index contributed by atoms with van der Waals surface area (Å²) in [6, 6.07) is 5.62. The molecule has 4 nitrogen and oxygen atoms in total. The summed E-state index contributed by atoms with van der Waals surface area (Å²) in [5, 5.41) is 6.31. The molecule has 0 aliphatic heterocycles. The fourth-order valence-electron chi connectivity index (χ4n) is 1.57. The molecule has 0 unspecified atom stereocenters. The lowest BCUT2D eigenvalue weighted by molar-refractivity contribution is 0.251. The smallest absolute Gasteiger partial charge is 0.319 e. The summed E-state index contributed by atoms with van der Waals surface area (Å²) in [4.78, 5) is 13.6. The fourth-order valence-corrected chi connectivity index (χ4v) is 1.74. The van der Waals surface area contributed by atoms with Crippen LogP contribution in [0.4, 0.5) is 16.2 Å². The number of hydrogen-bond donors (Lipinski definition) is 2. The second kappa shape index (κ2) is 4.84. The van der Waals surface area contributed by atoms with E-state index < -0.39 is 0 Å². The molecule has 0 spiro atoms. The van der Waals surface area contributed by atoms with Gasteiger partial charge in [0.2, 0.25) is 0 Å². The summed E-state index contributed by atoms with van der Waals surface area (Å²) >= 11 is 5.93. The van der Waals surface area contributed by atoms with Gasteiger partial charge in [-0.2, -0.15) is 0 Å². The van der Waals surface area contributed by atoms with E-state index >= 15 is 0 Å². The summed E-state index contributed by atoms with van der Waals surface area (Å²) in [7, 11) is 3.85. The van der Waals surface area contributed by atoms with Crippen LogP contribution in [0.2, 0.25) is 5.02 Å². The summed E-state index contributed by atoms with van der Waals surface area (Å²) in [6.07, 6.45) is 2.15. The first-order valence-corrected chi connectivity index (χ1v) is 5.98. The Morgan fingerprint density at radius 1 is 1.41 bits per heavy atom. The zero-order valence-corrected chi connectivity index (χ0v) is 10.7. The molecular formula is C12H16ClN3O. The molecule has 0 radical (unpaired) electrons. The molecule has 0 atom stereocenters. The average Bonchev–Trinajstić information content (AvgIpc) is 3.00. The second-order valence-electron chi connectivity index (χ2n) is 4.43. The minimum atomic E-state index is -0.169. The maximum absolute atomic E-state index is 11.7. The number of amides is 2. The summed E-state index contributed by atoms with van der Waals surface area (Å²) in [5.41, 5.74) is 1.65. The van der Waals surface area contributed by atoms with E-state index in [4.69, 9.17) is 11.6 Å². The van der Waals surface area contributed by atoms with Crippen LogP contribution >= 0.6 is 11.6 Å². The normalized spacial score (nSPS) is 14.3. The highest BCUT2D eigenvalue weighted by molar-refractivity contribution is 6.31. The van der Waals surface area contributed by atoms with Gasteiger partial charge in [0.25, 0.3) is 0 Å². The molecule has 2 rings (SSSR count). The molecule has 1 fully saturated rings. The quantitative estimate of drug-likeness (QED) is 0.870. The number of carbonyl (C=O) groups excluding carboxylic acids is 1. The topological polar surface area (TPSA) is 44.4 Å². The van der Waals surface area contributed by atoms with Gasteiger partial charge in [-0.25, -0.2) is 4.79 Å². The van der Waals surface area contributed by atoms with Gasteiger partial charge in [0, 0.05) is 25.2 Å². The largest absolute Gasteiger partial charge is 0.376 e. The second-order valence-corrected chi connectivity index (χ2v) is 4.87. The molecule has 1 saturated carbocycles. The van der Waals surface area contributed by atoms with Crippen LogP contribution in [0.15, 0.2) is 18.2 Å². The molecular weight excluding hydrogens is 238 g/mol. The van der Waals surface area contributed by atoms with E-state index in [1.54, 1.807) is 12.1 Å². The summed E-state index contributed by atoms with van der Waals surface area (Å²) in [6.45, 7) is 0. The van der Waals surface area contributed by atoms with Crippen LogP contribution < -0.4 is 15.5 Å². The molecule has 0 aromatic heterocycles. The molecule has 1 aromatic carbocycles.